The van der Waals surface area contributed by atoms with Crippen LogP contribution in [0.15, 0.2) is 72.8 Å². The van der Waals surface area contributed by atoms with Crippen molar-refractivity contribution < 1.29 is 19.4 Å². The van der Waals surface area contributed by atoms with Gasteiger partial charge in [-0.05, 0) is 66.8 Å². The topological polar surface area (TPSA) is 66.8 Å². The third-order valence-corrected chi connectivity index (χ3v) is 6.32. The van der Waals surface area contributed by atoms with Gasteiger partial charge in [0.2, 0.25) is 0 Å². The summed E-state index contributed by atoms with van der Waals surface area (Å²) in [5, 5.41) is 10.1. The van der Waals surface area contributed by atoms with Gasteiger partial charge in [0.1, 0.15) is 17.9 Å². The predicted molar refractivity (Wildman–Crippen MR) is 133 cm³/mol. The van der Waals surface area contributed by atoms with Crippen molar-refractivity contribution in [3.8, 4) is 5.75 Å². The van der Waals surface area contributed by atoms with Gasteiger partial charge in [0.15, 0.2) is 0 Å². The third kappa shape index (κ3) is 5.97. The number of carbonyl (C=O) groups is 2. The van der Waals surface area contributed by atoms with Crippen LogP contribution in [-0.4, -0.2) is 40.6 Å². The second-order valence-electron chi connectivity index (χ2n) is 9.06. The fraction of sp³-hybridized carbons (Fsp3) is 0.286. The Morgan fingerprint density at radius 3 is 2.47 bits per heavy atom. The molecule has 34 heavy (non-hydrogen) atoms. The molecule has 1 N–H and O–H groups in total. The van der Waals surface area contributed by atoms with Crippen LogP contribution in [0, 0.1) is 0 Å². The molecule has 176 valence electrons. The van der Waals surface area contributed by atoms with Crippen molar-refractivity contribution in [2.75, 3.05) is 13.1 Å². The highest BCUT2D eigenvalue weighted by Gasteiger charge is 2.35. The van der Waals surface area contributed by atoms with Crippen LogP contribution in [0.2, 0.25) is 5.02 Å². The van der Waals surface area contributed by atoms with Crippen molar-refractivity contribution in [1.29, 1.82) is 0 Å². The molecule has 0 radical (unpaired) electrons. The minimum absolute atomic E-state index is 0.274. The van der Waals surface area contributed by atoms with Crippen LogP contribution in [0.5, 0.6) is 5.75 Å². The fourth-order valence-corrected chi connectivity index (χ4v) is 4.63. The zero-order chi connectivity index (χ0) is 24.1. The van der Waals surface area contributed by atoms with Crippen LogP contribution in [0.4, 0.5) is 0 Å². The molecule has 0 aliphatic carbocycles. The Morgan fingerprint density at radius 2 is 1.76 bits per heavy atom. The SMILES string of the molecule is CC1(Cc2ccc(Cl)cc2)Cc2cc(C(=O)N(CCCc3ccccc3)CC(=O)O)ccc2O1. The predicted octanol–water partition coefficient (Wildman–Crippen LogP) is 5.44. The maximum atomic E-state index is 13.2. The van der Waals surface area contributed by atoms with Gasteiger partial charge in [0.25, 0.3) is 5.91 Å². The van der Waals surface area contributed by atoms with E-state index in [0.29, 0.717) is 36.4 Å². The number of hydrogen-bond donors (Lipinski definition) is 1. The van der Waals surface area contributed by atoms with Gasteiger partial charge in [-0.25, -0.2) is 0 Å². The summed E-state index contributed by atoms with van der Waals surface area (Å²) in [7, 11) is 0. The molecular weight excluding hydrogens is 450 g/mol. The molecule has 6 heteroatoms. The lowest BCUT2D eigenvalue weighted by atomic mass is 9.91. The molecule has 1 aliphatic rings. The van der Waals surface area contributed by atoms with E-state index in [2.05, 4.69) is 6.92 Å². The minimum atomic E-state index is -1.02. The maximum absolute atomic E-state index is 13.2. The molecular formula is C28H28ClNO4. The number of fused-ring (bicyclic) bond motifs is 1. The first-order chi connectivity index (χ1) is 16.3. The number of carboxylic acid groups (broad SMARTS) is 1. The number of aryl methyl sites for hydroxylation is 1. The Hall–Kier alpha value is -3.31. The van der Waals surface area contributed by atoms with Crippen LogP contribution in [-0.2, 0) is 24.1 Å². The minimum Gasteiger partial charge on any atom is -0.487 e. The lowest BCUT2D eigenvalue weighted by molar-refractivity contribution is -0.137. The Labute approximate surface area is 204 Å². The first kappa shape index (κ1) is 23.8. The van der Waals surface area contributed by atoms with E-state index in [1.807, 2.05) is 66.7 Å². The van der Waals surface area contributed by atoms with Crippen LogP contribution in [0.1, 0.15) is 40.4 Å². The number of rotatable bonds is 9. The molecule has 5 nitrogen and oxygen atoms in total. The molecule has 1 aliphatic heterocycles. The molecule has 0 saturated heterocycles. The number of halogens is 1. The summed E-state index contributed by atoms with van der Waals surface area (Å²) in [4.78, 5) is 26.1. The molecule has 1 unspecified atom stereocenters. The van der Waals surface area contributed by atoms with E-state index in [9.17, 15) is 14.7 Å². The van der Waals surface area contributed by atoms with Crippen LogP contribution in [0.3, 0.4) is 0 Å². The van der Waals surface area contributed by atoms with Crippen LogP contribution in [0.25, 0.3) is 0 Å². The Morgan fingerprint density at radius 1 is 1.03 bits per heavy atom. The number of amides is 1. The van der Waals surface area contributed by atoms with Crippen molar-refractivity contribution >= 4 is 23.5 Å². The van der Waals surface area contributed by atoms with Crippen molar-refractivity contribution in [2.24, 2.45) is 0 Å². The number of hydrogen-bond acceptors (Lipinski definition) is 3. The largest absolute Gasteiger partial charge is 0.487 e. The zero-order valence-corrected chi connectivity index (χ0v) is 19.9. The average molecular weight is 478 g/mol. The number of benzene rings is 3. The summed E-state index contributed by atoms with van der Waals surface area (Å²) in [5.74, 6) is -0.528. The van der Waals surface area contributed by atoms with E-state index in [0.717, 1.165) is 23.3 Å². The Kier molecular flexibility index (Phi) is 7.23. The van der Waals surface area contributed by atoms with Gasteiger partial charge in [0, 0.05) is 30.0 Å². The fourth-order valence-electron chi connectivity index (χ4n) is 4.50. The number of nitrogens with zero attached hydrogens (tertiary/aromatic N) is 1. The van der Waals surface area contributed by atoms with E-state index in [4.69, 9.17) is 16.3 Å². The second-order valence-corrected chi connectivity index (χ2v) is 9.50. The van der Waals surface area contributed by atoms with E-state index in [1.165, 1.54) is 10.5 Å². The lowest BCUT2D eigenvalue weighted by Gasteiger charge is -2.24. The summed E-state index contributed by atoms with van der Waals surface area (Å²) in [6, 6.07) is 23.1. The molecule has 4 rings (SSSR count). The quantitative estimate of drug-likeness (QED) is 0.446. The number of aliphatic carboxylic acids is 1. The zero-order valence-electron chi connectivity index (χ0n) is 19.2. The molecule has 1 heterocycles. The van der Waals surface area contributed by atoms with Crippen molar-refractivity contribution in [3.63, 3.8) is 0 Å². The van der Waals surface area contributed by atoms with Crippen molar-refractivity contribution in [3.05, 3.63) is 100 Å². The highest BCUT2D eigenvalue weighted by atomic mass is 35.5. The second kappa shape index (κ2) is 10.3. The Bertz CT molecular complexity index is 1160. The molecule has 0 fully saturated rings. The molecule has 0 aromatic heterocycles. The normalized spacial score (nSPS) is 16.5. The summed E-state index contributed by atoms with van der Waals surface area (Å²) in [6.45, 7) is 2.11. The van der Waals surface area contributed by atoms with E-state index < -0.39 is 11.6 Å². The molecule has 0 spiro atoms. The first-order valence-electron chi connectivity index (χ1n) is 11.4. The number of ether oxygens (including phenoxy) is 1. The molecule has 1 amide bonds. The van der Waals surface area contributed by atoms with Gasteiger partial charge in [0.05, 0.1) is 0 Å². The summed E-state index contributed by atoms with van der Waals surface area (Å²) in [5.41, 5.74) is 3.32. The molecule has 3 aromatic carbocycles. The average Bonchev–Trinajstić information content (AvgIpc) is 3.15. The van der Waals surface area contributed by atoms with Gasteiger partial charge in [-0.2, -0.15) is 0 Å². The smallest absolute Gasteiger partial charge is 0.323 e. The third-order valence-electron chi connectivity index (χ3n) is 6.07. The van der Waals surface area contributed by atoms with Gasteiger partial charge in [-0.1, -0.05) is 54.1 Å². The van der Waals surface area contributed by atoms with Crippen LogP contribution < -0.4 is 4.74 Å². The van der Waals surface area contributed by atoms with Gasteiger partial charge >= 0.3 is 5.97 Å². The van der Waals surface area contributed by atoms with E-state index in [1.54, 1.807) is 6.07 Å². The standard InChI is InChI=1S/C28H28ClNO4/c1-28(17-21-9-12-24(29)13-10-21)18-23-16-22(11-14-25(23)34-28)27(33)30(19-26(31)32)15-5-8-20-6-3-2-4-7-20/h2-4,6-7,9-14,16H,5,8,15,17-19H2,1H3,(H,31,32). The molecule has 3 aromatic rings. The highest BCUT2D eigenvalue weighted by molar-refractivity contribution is 6.30. The molecule has 0 bridgehead atoms. The molecule has 1 atom stereocenters. The number of carboxylic acids is 1. The van der Waals surface area contributed by atoms with Gasteiger partial charge < -0.3 is 14.7 Å². The van der Waals surface area contributed by atoms with E-state index in [-0.39, 0.29) is 12.5 Å². The molecule has 0 saturated carbocycles. The monoisotopic (exact) mass is 477 g/mol. The van der Waals surface area contributed by atoms with Crippen molar-refractivity contribution in [1.82, 2.24) is 4.90 Å². The summed E-state index contributed by atoms with van der Waals surface area (Å²) < 4.78 is 6.25. The first-order valence-corrected chi connectivity index (χ1v) is 11.8. The number of carbonyl (C=O) groups excluding carboxylic acids is 1. The van der Waals surface area contributed by atoms with Crippen molar-refractivity contribution in [2.45, 2.75) is 38.2 Å². The van der Waals surface area contributed by atoms with Gasteiger partial charge in [-0.15, -0.1) is 0 Å². The summed E-state index contributed by atoms with van der Waals surface area (Å²) >= 11 is 6.00. The van der Waals surface area contributed by atoms with E-state index >= 15 is 0 Å². The summed E-state index contributed by atoms with van der Waals surface area (Å²) in [6.07, 6.45) is 2.85. The Balaban J connectivity index is 1.44. The maximum Gasteiger partial charge on any atom is 0.323 e. The lowest BCUT2D eigenvalue weighted by Crippen LogP contribution is -2.36. The van der Waals surface area contributed by atoms with Gasteiger partial charge in [-0.3, -0.25) is 9.59 Å². The van der Waals surface area contributed by atoms with Crippen LogP contribution >= 0.6 is 11.6 Å². The highest BCUT2D eigenvalue weighted by Crippen LogP contribution is 2.37.